The van der Waals surface area contributed by atoms with Crippen LogP contribution >= 0.6 is 24.0 Å². The van der Waals surface area contributed by atoms with Gasteiger partial charge in [-0.2, -0.15) is 0 Å². The second-order valence-corrected chi connectivity index (χ2v) is 5.24. The fourth-order valence-corrected chi connectivity index (χ4v) is 2.57. The van der Waals surface area contributed by atoms with Gasteiger partial charge in [0.15, 0.2) is 0 Å². The van der Waals surface area contributed by atoms with Gasteiger partial charge in [0.2, 0.25) is 0 Å². The molecule has 0 aliphatic carbocycles. The summed E-state index contributed by atoms with van der Waals surface area (Å²) in [7, 11) is 0. The molecule has 1 fully saturated rings. The van der Waals surface area contributed by atoms with Crippen molar-refractivity contribution in [3.05, 3.63) is 34.9 Å². The van der Waals surface area contributed by atoms with Crippen LogP contribution < -0.4 is 0 Å². The summed E-state index contributed by atoms with van der Waals surface area (Å²) in [6.45, 7) is 1.82. The molecule has 1 aromatic carbocycles. The Morgan fingerprint density at radius 2 is 2.10 bits per heavy atom. The van der Waals surface area contributed by atoms with Crippen molar-refractivity contribution >= 4 is 35.8 Å². The van der Waals surface area contributed by atoms with Crippen molar-refractivity contribution in [1.29, 1.82) is 0 Å². The molecule has 0 saturated carbocycles. The van der Waals surface area contributed by atoms with E-state index in [0.717, 1.165) is 5.56 Å². The average Bonchev–Trinajstić information content (AvgIpc) is 2.35. The Morgan fingerprint density at radius 3 is 2.75 bits per heavy atom. The SMILES string of the molecule is Cl.O=C(O)CC1CN(Cc2ccccc2Cl)CCC1=O. The van der Waals surface area contributed by atoms with Gasteiger partial charge in [-0.1, -0.05) is 29.8 Å². The molecule has 1 aliphatic rings. The fourth-order valence-electron chi connectivity index (χ4n) is 2.38. The van der Waals surface area contributed by atoms with Crippen LogP contribution in [0.3, 0.4) is 0 Å². The molecule has 6 heteroatoms. The van der Waals surface area contributed by atoms with E-state index in [-0.39, 0.29) is 24.6 Å². The average molecular weight is 318 g/mol. The van der Waals surface area contributed by atoms with Crippen LogP contribution in [0, 0.1) is 5.92 Å². The number of rotatable bonds is 4. The van der Waals surface area contributed by atoms with Crippen LogP contribution in [0.25, 0.3) is 0 Å². The number of carbonyl (C=O) groups is 2. The van der Waals surface area contributed by atoms with E-state index in [9.17, 15) is 9.59 Å². The van der Waals surface area contributed by atoms with Gasteiger partial charge in [0.25, 0.3) is 0 Å². The van der Waals surface area contributed by atoms with Crippen LogP contribution in [0.2, 0.25) is 5.02 Å². The van der Waals surface area contributed by atoms with Gasteiger partial charge in [-0.25, -0.2) is 0 Å². The van der Waals surface area contributed by atoms with Crippen molar-refractivity contribution in [1.82, 2.24) is 4.90 Å². The number of likely N-dealkylation sites (tertiary alicyclic amines) is 1. The second kappa shape index (κ2) is 7.62. The van der Waals surface area contributed by atoms with Gasteiger partial charge in [-0.3, -0.25) is 14.5 Å². The molecule has 1 heterocycles. The van der Waals surface area contributed by atoms with E-state index in [1.54, 1.807) is 0 Å². The first-order chi connectivity index (χ1) is 9.06. The van der Waals surface area contributed by atoms with Gasteiger partial charge >= 0.3 is 5.97 Å². The molecule has 4 nitrogen and oxygen atoms in total. The van der Waals surface area contributed by atoms with E-state index in [2.05, 4.69) is 4.90 Å². The Kier molecular flexibility index (Phi) is 6.46. The molecule has 1 unspecified atom stereocenters. The quantitative estimate of drug-likeness (QED) is 0.927. The first-order valence-corrected chi connectivity index (χ1v) is 6.64. The summed E-state index contributed by atoms with van der Waals surface area (Å²) in [4.78, 5) is 24.5. The number of ketones is 1. The summed E-state index contributed by atoms with van der Waals surface area (Å²) in [5.74, 6) is -1.26. The monoisotopic (exact) mass is 317 g/mol. The summed E-state index contributed by atoms with van der Waals surface area (Å²) in [5, 5.41) is 9.51. The van der Waals surface area contributed by atoms with Gasteiger partial charge < -0.3 is 5.11 Å². The van der Waals surface area contributed by atoms with Crippen molar-refractivity contribution in [2.24, 2.45) is 5.92 Å². The number of hydrogen-bond acceptors (Lipinski definition) is 3. The van der Waals surface area contributed by atoms with Crippen LogP contribution in [-0.2, 0) is 16.1 Å². The lowest BCUT2D eigenvalue weighted by Gasteiger charge is -2.31. The molecule has 1 aromatic rings. The molecule has 0 spiro atoms. The summed E-state index contributed by atoms with van der Waals surface area (Å²) in [6.07, 6.45) is 0.334. The van der Waals surface area contributed by atoms with E-state index in [1.807, 2.05) is 24.3 Å². The minimum Gasteiger partial charge on any atom is -0.481 e. The Balaban J connectivity index is 0.00000200. The fraction of sp³-hybridized carbons (Fsp3) is 0.429. The lowest BCUT2D eigenvalue weighted by molar-refractivity contribution is -0.142. The number of carboxylic acids is 1. The van der Waals surface area contributed by atoms with E-state index >= 15 is 0 Å². The molecule has 110 valence electrons. The maximum absolute atomic E-state index is 11.7. The summed E-state index contributed by atoms with van der Waals surface area (Å²) in [5.41, 5.74) is 1.01. The number of piperidine rings is 1. The van der Waals surface area contributed by atoms with Gasteiger partial charge in [0.05, 0.1) is 6.42 Å². The molecule has 0 radical (unpaired) electrons. The Labute approximate surface area is 129 Å². The topological polar surface area (TPSA) is 57.6 Å². The van der Waals surface area contributed by atoms with E-state index in [4.69, 9.17) is 16.7 Å². The van der Waals surface area contributed by atoms with Crippen LogP contribution in [0.1, 0.15) is 18.4 Å². The standard InChI is InChI=1S/C14H16ClNO3.ClH/c15-12-4-2-1-3-10(12)8-16-6-5-13(17)11(9-16)7-14(18)19;/h1-4,11H,5-9H2,(H,18,19);1H. The lowest BCUT2D eigenvalue weighted by atomic mass is 9.93. The Bertz CT molecular complexity index is 493. The minimum absolute atomic E-state index is 0. The number of aliphatic carboxylic acids is 1. The summed E-state index contributed by atoms with van der Waals surface area (Å²) >= 11 is 6.11. The van der Waals surface area contributed by atoms with Gasteiger partial charge in [0, 0.05) is 37.0 Å². The minimum atomic E-state index is -0.919. The van der Waals surface area contributed by atoms with Crippen LogP contribution in [0.15, 0.2) is 24.3 Å². The molecule has 1 atom stereocenters. The van der Waals surface area contributed by atoms with Gasteiger partial charge in [-0.05, 0) is 11.6 Å². The Morgan fingerprint density at radius 1 is 1.40 bits per heavy atom. The van der Waals surface area contributed by atoms with Crippen molar-refractivity contribution < 1.29 is 14.7 Å². The predicted octanol–water partition coefficient (Wildman–Crippen LogP) is 2.63. The molecule has 0 aromatic heterocycles. The highest BCUT2D eigenvalue weighted by Gasteiger charge is 2.29. The van der Waals surface area contributed by atoms with Crippen LogP contribution in [0.5, 0.6) is 0 Å². The normalized spacial score (nSPS) is 19.4. The number of hydrogen-bond donors (Lipinski definition) is 1. The highest BCUT2D eigenvalue weighted by molar-refractivity contribution is 6.31. The number of Topliss-reactive ketones (excluding diaryl/α,β-unsaturated/α-hetero) is 1. The zero-order valence-corrected chi connectivity index (χ0v) is 12.5. The second-order valence-electron chi connectivity index (χ2n) is 4.84. The molecule has 2 rings (SSSR count). The summed E-state index contributed by atoms with van der Waals surface area (Å²) < 4.78 is 0. The number of carboxylic acid groups (broad SMARTS) is 1. The number of carbonyl (C=O) groups excluding carboxylic acids is 1. The molecular weight excluding hydrogens is 301 g/mol. The maximum Gasteiger partial charge on any atom is 0.304 e. The number of halogens is 2. The molecule has 0 amide bonds. The van der Waals surface area contributed by atoms with Crippen molar-refractivity contribution in [3.63, 3.8) is 0 Å². The molecule has 0 bridgehead atoms. The largest absolute Gasteiger partial charge is 0.481 e. The van der Waals surface area contributed by atoms with E-state index in [0.29, 0.717) is 31.1 Å². The third-order valence-electron chi connectivity index (χ3n) is 3.38. The van der Waals surface area contributed by atoms with Crippen LogP contribution in [-0.4, -0.2) is 34.8 Å². The third kappa shape index (κ3) is 4.47. The molecule has 1 N–H and O–H groups in total. The van der Waals surface area contributed by atoms with Crippen molar-refractivity contribution in [3.8, 4) is 0 Å². The maximum atomic E-state index is 11.7. The Hall–Kier alpha value is -1.10. The zero-order valence-electron chi connectivity index (χ0n) is 10.9. The highest BCUT2D eigenvalue weighted by Crippen LogP contribution is 2.22. The van der Waals surface area contributed by atoms with Crippen molar-refractivity contribution in [2.75, 3.05) is 13.1 Å². The molecular formula is C14H17Cl2NO3. The van der Waals surface area contributed by atoms with Crippen LogP contribution in [0.4, 0.5) is 0 Å². The first-order valence-electron chi connectivity index (χ1n) is 6.26. The van der Waals surface area contributed by atoms with E-state index < -0.39 is 11.9 Å². The van der Waals surface area contributed by atoms with Crippen molar-refractivity contribution in [2.45, 2.75) is 19.4 Å². The molecule has 20 heavy (non-hydrogen) atoms. The highest BCUT2D eigenvalue weighted by atomic mass is 35.5. The lowest BCUT2D eigenvalue weighted by Crippen LogP contribution is -2.41. The summed E-state index contributed by atoms with van der Waals surface area (Å²) in [6, 6.07) is 7.58. The third-order valence-corrected chi connectivity index (χ3v) is 3.75. The van der Waals surface area contributed by atoms with E-state index in [1.165, 1.54) is 0 Å². The molecule has 1 saturated heterocycles. The smallest absolute Gasteiger partial charge is 0.304 e. The number of benzene rings is 1. The predicted molar refractivity (Wildman–Crippen MR) is 79.3 cm³/mol. The zero-order chi connectivity index (χ0) is 13.8. The number of nitrogens with zero attached hydrogens (tertiary/aromatic N) is 1. The van der Waals surface area contributed by atoms with Gasteiger partial charge in [0.1, 0.15) is 5.78 Å². The molecule has 1 aliphatic heterocycles. The first kappa shape index (κ1) is 17.0. The van der Waals surface area contributed by atoms with Gasteiger partial charge in [-0.15, -0.1) is 12.4 Å².